The van der Waals surface area contributed by atoms with Crippen LogP contribution in [0.15, 0.2) is 48.5 Å². The van der Waals surface area contributed by atoms with E-state index >= 15 is 0 Å². The van der Waals surface area contributed by atoms with Gasteiger partial charge in [0.2, 0.25) is 0 Å². The van der Waals surface area contributed by atoms with Crippen molar-refractivity contribution in [2.24, 2.45) is 0 Å². The van der Waals surface area contributed by atoms with Crippen LogP contribution in [-0.4, -0.2) is 24.2 Å². The molecule has 0 amide bonds. The summed E-state index contributed by atoms with van der Waals surface area (Å²) in [6, 6.07) is 15.3. The summed E-state index contributed by atoms with van der Waals surface area (Å²) in [5, 5.41) is 12.3. The van der Waals surface area contributed by atoms with Crippen molar-refractivity contribution in [3.05, 3.63) is 65.2 Å². The first-order chi connectivity index (χ1) is 10.6. The molecule has 0 spiro atoms. The molecular weight excluding hydrogens is 278 g/mol. The Morgan fingerprint density at radius 1 is 1.09 bits per heavy atom. The number of nitrogens with one attached hydrogen (secondary N) is 1. The van der Waals surface area contributed by atoms with E-state index in [9.17, 15) is 4.79 Å². The molecule has 1 atom stereocenters. The van der Waals surface area contributed by atoms with Crippen LogP contribution in [0.25, 0.3) is 0 Å². The summed E-state index contributed by atoms with van der Waals surface area (Å²) < 4.78 is 5.15. The van der Waals surface area contributed by atoms with Crippen LogP contribution in [0.3, 0.4) is 0 Å². The minimum absolute atomic E-state index is 0.315. The standard InChI is InChI=1S/C18H21NO3/c1-13(11-14-5-9-17(22-2)10-6-14)19-12-15-3-7-16(8-4-15)18(20)21/h3-10,13,19H,11-12H2,1-2H3,(H,20,21). The van der Waals surface area contributed by atoms with Gasteiger partial charge in [0.15, 0.2) is 0 Å². The minimum atomic E-state index is -0.896. The van der Waals surface area contributed by atoms with Crippen molar-refractivity contribution in [2.45, 2.75) is 25.9 Å². The lowest BCUT2D eigenvalue weighted by Crippen LogP contribution is -2.27. The van der Waals surface area contributed by atoms with Crippen molar-refractivity contribution >= 4 is 5.97 Å². The first kappa shape index (κ1) is 16.0. The van der Waals surface area contributed by atoms with Crippen LogP contribution < -0.4 is 10.1 Å². The molecule has 2 aromatic carbocycles. The number of carboxylic acid groups (broad SMARTS) is 1. The Morgan fingerprint density at radius 2 is 1.68 bits per heavy atom. The van der Waals surface area contributed by atoms with Gasteiger partial charge in [-0.2, -0.15) is 0 Å². The maximum atomic E-state index is 10.8. The quantitative estimate of drug-likeness (QED) is 0.825. The van der Waals surface area contributed by atoms with Gasteiger partial charge in [-0.05, 0) is 48.7 Å². The second-order valence-electron chi connectivity index (χ2n) is 5.34. The fraction of sp³-hybridized carbons (Fsp3) is 0.278. The SMILES string of the molecule is COc1ccc(CC(C)NCc2ccc(C(=O)O)cc2)cc1. The Morgan fingerprint density at radius 3 is 2.23 bits per heavy atom. The van der Waals surface area contributed by atoms with E-state index in [1.54, 1.807) is 19.2 Å². The summed E-state index contributed by atoms with van der Waals surface area (Å²) >= 11 is 0. The van der Waals surface area contributed by atoms with Gasteiger partial charge in [0.1, 0.15) is 5.75 Å². The highest BCUT2D eigenvalue weighted by Gasteiger charge is 2.05. The van der Waals surface area contributed by atoms with E-state index in [2.05, 4.69) is 24.4 Å². The van der Waals surface area contributed by atoms with Gasteiger partial charge in [-0.15, -0.1) is 0 Å². The fourth-order valence-electron chi connectivity index (χ4n) is 2.24. The monoisotopic (exact) mass is 299 g/mol. The molecule has 0 aliphatic carbocycles. The van der Waals surface area contributed by atoms with E-state index in [1.165, 1.54) is 5.56 Å². The summed E-state index contributed by atoms with van der Waals surface area (Å²) in [5.41, 5.74) is 2.64. The summed E-state index contributed by atoms with van der Waals surface area (Å²) in [5.74, 6) is -0.0322. The molecule has 4 heteroatoms. The maximum Gasteiger partial charge on any atom is 0.335 e. The Balaban J connectivity index is 1.83. The topological polar surface area (TPSA) is 58.6 Å². The van der Waals surface area contributed by atoms with Crippen LogP contribution >= 0.6 is 0 Å². The lowest BCUT2D eigenvalue weighted by molar-refractivity contribution is 0.0697. The highest BCUT2D eigenvalue weighted by Crippen LogP contribution is 2.13. The number of carboxylic acids is 1. The summed E-state index contributed by atoms with van der Waals surface area (Å²) in [7, 11) is 1.66. The number of ether oxygens (including phenoxy) is 1. The number of carbonyl (C=O) groups is 1. The smallest absolute Gasteiger partial charge is 0.335 e. The zero-order valence-electron chi connectivity index (χ0n) is 12.9. The van der Waals surface area contributed by atoms with Crippen LogP contribution in [0.4, 0.5) is 0 Å². The Bertz CT molecular complexity index is 605. The normalized spacial score (nSPS) is 11.9. The van der Waals surface area contributed by atoms with Gasteiger partial charge in [-0.1, -0.05) is 24.3 Å². The number of hydrogen-bond donors (Lipinski definition) is 2. The molecule has 0 aliphatic heterocycles. The van der Waals surface area contributed by atoms with Crippen LogP contribution in [0, 0.1) is 0 Å². The number of methoxy groups -OCH3 is 1. The van der Waals surface area contributed by atoms with E-state index < -0.39 is 5.97 Å². The van der Waals surface area contributed by atoms with Crippen LogP contribution in [-0.2, 0) is 13.0 Å². The number of aromatic carboxylic acids is 1. The third-order valence-electron chi connectivity index (χ3n) is 3.56. The van der Waals surface area contributed by atoms with Crippen molar-refractivity contribution in [1.29, 1.82) is 0 Å². The number of hydrogen-bond acceptors (Lipinski definition) is 3. The van der Waals surface area contributed by atoms with E-state index in [4.69, 9.17) is 9.84 Å². The lowest BCUT2D eigenvalue weighted by atomic mass is 10.1. The molecule has 2 rings (SSSR count). The largest absolute Gasteiger partial charge is 0.497 e. The highest BCUT2D eigenvalue weighted by atomic mass is 16.5. The van der Waals surface area contributed by atoms with Gasteiger partial charge >= 0.3 is 5.97 Å². The van der Waals surface area contributed by atoms with E-state index in [1.807, 2.05) is 24.3 Å². The van der Waals surface area contributed by atoms with Gasteiger partial charge in [0.05, 0.1) is 12.7 Å². The van der Waals surface area contributed by atoms with Gasteiger partial charge in [-0.3, -0.25) is 0 Å². The molecule has 0 saturated carbocycles. The van der Waals surface area contributed by atoms with Crippen molar-refractivity contribution < 1.29 is 14.6 Å². The highest BCUT2D eigenvalue weighted by molar-refractivity contribution is 5.87. The van der Waals surface area contributed by atoms with E-state index in [0.29, 0.717) is 11.6 Å². The molecule has 4 nitrogen and oxygen atoms in total. The average Bonchev–Trinajstić information content (AvgIpc) is 2.54. The zero-order chi connectivity index (χ0) is 15.9. The third kappa shape index (κ3) is 4.60. The second-order valence-corrected chi connectivity index (χ2v) is 5.34. The molecule has 1 unspecified atom stereocenters. The third-order valence-corrected chi connectivity index (χ3v) is 3.56. The summed E-state index contributed by atoms with van der Waals surface area (Å²) in [6.07, 6.45) is 0.928. The molecule has 2 aromatic rings. The molecule has 0 heterocycles. The Hall–Kier alpha value is -2.33. The summed E-state index contributed by atoms with van der Waals surface area (Å²) in [6.45, 7) is 2.85. The zero-order valence-corrected chi connectivity index (χ0v) is 12.9. The van der Waals surface area contributed by atoms with Crippen molar-refractivity contribution in [1.82, 2.24) is 5.32 Å². The van der Waals surface area contributed by atoms with E-state index in [-0.39, 0.29) is 0 Å². The second kappa shape index (κ2) is 7.61. The molecule has 0 fully saturated rings. The van der Waals surface area contributed by atoms with Crippen LogP contribution in [0.1, 0.15) is 28.4 Å². The maximum absolute atomic E-state index is 10.8. The molecular formula is C18H21NO3. The molecule has 0 radical (unpaired) electrons. The molecule has 0 aromatic heterocycles. The van der Waals surface area contributed by atoms with Gasteiger partial charge in [0, 0.05) is 12.6 Å². The molecule has 0 aliphatic rings. The minimum Gasteiger partial charge on any atom is -0.497 e. The van der Waals surface area contributed by atoms with Crippen LogP contribution in [0.2, 0.25) is 0 Å². The molecule has 2 N–H and O–H groups in total. The summed E-state index contributed by atoms with van der Waals surface area (Å²) in [4.78, 5) is 10.8. The molecule has 22 heavy (non-hydrogen) atoms. The fourth-order valence-corrected chi connectivity index (χ4v) is 2.24. The lowest BCUT2D eigenvalue weighted by Gasteiger charge is -2.14. The van der Waals surface area contributed by atoms with Crippen molar-refractivity contribution in [3.63, 3.8) is 0 Å². The van der Waals surface area contributed by atoms with E-state index in [0.717, 1.165) is 24.3 Å². The van der Waals surface area contributed by atoms with Gasteiger partial charge in [0.25, 0.3) is 0 Å². The number of rotatable bonds is 7. The first-order valence-electron chi connectivity index (χ1n) is 7.27. The van der Waals surface area contributed by atoms with Crippen LogP contribution in [0.5, 0.6) is 5.75 Å². The predicted octanol–water partition coefficient (Wildman–Crippen LogP) is 3.11. The van der Waals surface area contributed by atoms with Crippen molar-refractivity contribution in [2.75, 3.05) is 7.11 Å². The molecule has 116 valence electrons. The van der Waals surface area contributed by atoms with Crippen molar-refractivity contribution in [3.8, 4) is 5.75 Å². The Kier molecular flexibility index (Phi) is 5.55. The molecule has 0 bridgehead atoms. The average molecular weight is 299 g/mol. The molecule has 0 saturated heterocycles. The van der Waals surface area contributed by atoms with Gasteiger partial charge < -0.3 is 15.2 Å². The first-order valence-corrected chi connectivity index (χ1v) is 7.27. The number of benzene rings is 2. The van der Waals surface area contributed by atoms with Gasteiger partial charge in [-0.25, -0.2) is 4.79 Å². The Labute approximate surface area is 130 Å². The predicted molar refractivity (Wildman–Crippen MR) is 86.4 cm³/mol.